The van der Waals surface area contributed by atoms with E-state index in [1.807, 2.05) is 0 Å². The van der Waals surface area contributed by atoms with Gasteiger partial charge >= 0.3 is 0 Å². The Labute approximate surface area is 182 Å². The van der Waals surface area contributed by atoms with Crippen LogP contribution in [0, 0.1) is 0 Å². The minimum Gasteiger partial charge on any atom is -0.0620 e. The lowest BCUT2D eigenvalue weighted by Crippen LogP contribution is -2.22. The summed E-state index contributed by atoms with van der Waals surface area (Å²) in [5.41, 5.74) is 0. The summed E-state index contributed by atoms with van der Waals surface area (Å²) in [7, 11) is -3.33. The van der Waals surface area contributed by atoms with Crippen molar-refractivity contribution in [2.45, 2.75) is 0 Å². The second kappa shape index (κ2) is 9.09. The fourth-order valence-electron chi connectivity index (χ4n) is 3.86. The number of benzene rings is 4. The third-order valence-electron chi connectivity index (χ3n) is 5.83. The van der Waals surface area contributed by atoms with Crippen LogP contribution in [0.1, 0.15) is 0 Å². The Bertz CT molecular complexity index is 918. The Hall–Kier alpha value is -2.52. The molecule has 2 heteroatoms. The molecule has 0 saturated carbocycles. The van der Waals surface area contributed by atoms with E-state index in [0.717, 1.165) is 0 Å². The van der Waals surface area contributed by atoms with Gasteiger partial charge in [0.1, 0.15) is 47.4 Å². The fraction of sp³-hybridized carbons (Fsp3) is 0.0714. The molecule has 0 unspecified atom stereocenters. The van der Waals surface area contributed by atoms with Crippen molar-refractivity contribution >= 4 is 35.7 Å². The second-order valence-electron chi connectivity index (χ2n) is 7.79. The summed E-state index contributed by atoms with van der Waals surface area (Å²) in [5, 5.41) is 5.67. The molecule has 0 aliphatic rings. The van der Waals surface area contributed by atoms with Crippen LogP contribution in [-0.4, -0.2) is 13.3 Å². The van der Waals surface area contributed by atoms with E-state index in [4.69, 9.17) is 0 Å². The average molecular weight is 426 g/mol. The first-order valence-corrected chi connectivity index (χ1v) is 14.9. The van der Waals surface area contributed by atoms with E-state index in [1.165, 1.54) is 21.2 Å². The van der Waals surface area contributed by atoms with E-state index >= 15 is 0 Å². The Morgan fingerprint density at radius 3 is 0.767 bits per heavy atom. The molecule has 0 aliphatic heterocycles. The summed E-state index contributed by atoms with van der Waals surface area (Å²) < 4.78 is 0. The maximum Gasteiger partial charge on any atom is 0.105 e. The van der Waals surface area contributed by atoms with Gasteiger partial charge in [-0.05, 0) is 48.5 Å². The molecule has 0 radical (unpaired) electrons. The summed E-state index contributed by atoms with van der Waals surface area (Å²) in [5.74, 6) is 5.09. The topological polar surface area (TPSA) is 0 Å². The van der Waals surface area contributed by atoms with Crippen LogP contribution in [0.3, 0.4) is 0 Å². The molecule has 4 aromatic carbocycles. The zero-order chi connectivity index (χ0) is 20.9. The monoisotopic (exact) mass is 426 g/mol. The molecule has 4 rings (SSSR count). The highest BCUT2D eigenvalue weighted by Gasteiger charge is 2.40. The first kappa shape index (κ1) is 20.7. The lowest BCUT2D eigenvalue weighted by Gasteiger charge is -2.22. The minimum absolute atomic E-state index is 1.42. The molecule has 0 spiro atoms. The molecule has 0 saturated heterocycles. The van der Waals surface area contributed by atoms with E-state index in [0.29, 0.717) is 0 Å². The molecule has 30 heavy (non-hydrogen) atoms. The normalized spacial score (nSPS) is 12.2. The SMILES string of the molecule is C[P+](/C=C\[P+](C)(c1ccccc1)c1ccccc1)(c1ccccc1)c1ccccc1. The maximum absolute atomic E-state index is 2.55. The molecule has 0 N–H and O–H groups in total. The minimum atomic E-state index is -1.66. The van der Waals surface area contributed by atoms with Gasteiger partial charge in [0, 0.05) is 0 Å². The predicted molar refractivity (Wildman–Crippen MR) is 139 cm³/mol. The van der Waals surface area contributed by atoms with Crippen LogP contribution < -0.4 is 21.2 Å². The van der Waals surface area contributed by atoms with Gasteiger partial charge < -0.3 is 0 Å². The standard InChI is InChI=1S/C28H28P2/c1-29(25-15-7-3-8-16-25,26-17-9-4-10-18-26)23-24-30(2,27-19-11-5-12-20-27)28-21-13-6-14-22-28/h3-24H,1-2H3/q+2/b24-23-. The van der Waals surface area contributed by atoms with Crippen molar-refractivity contribution in [1.82, 2.24) is 0 Å². The second-order valence-corrected chi connectivity index (χ2v) is 14.8. The van der Waals surface area contributed by atoms with Gasteiger partial charge in [-0.3, -0.25) is 0 Å². The number of hydrogen-bond donors (Lipinski definition) is 0. The number of hydrogen-bond acceptors (Lipinski definition) is 0. The summed E-state index contributed by atoms with van der Waals surface area (Å²) in [6.07, 6.45) is 0. The van der Waals surface area contributed by atoms with E-state index in [-0.39, 0.29) is 0 Å². The molecule has 0 bridgehead atoms. The van der Waals surface area contributed by atoms with Crippen molar-refractivity contribution in [3.8, 4) is 0 Å². The molecule has 0 fully saturated rings. The first-order chi connectivity index (χ1) is 14.6. The van der Waals surface area contributed by atoms with Gasteiger partial charge in [-0.25, -0.2) is 0 Å². The predicted octanol–water partition coefficient (Wildman–Crippen LogP) is 6.05. The third-order valence-corrected chi connectivity index (χ3v) is 13.0. The molecular formula is C28H28P2+2. The molecule has 0 atom stereocenters. The van der Waals surface area contributed by atoms with Gasteiger partial charge in [0.25, 0.3) is 0 Å². The van der Waals surface area contributed by atoms with E-state index in [9.17, 15) is 0 Å². The zero-order valence-electron chi connectivity index (χ0n) is 17.6. The summed E-state index contributed by atoms with van der Waals surface area (Å²) in [6.45, 7) is 4.88. The van der Waals surface area contributed by atoms with Crippen LogP contribution in [0.2, 0.25) is 0 Å². The molecule has 0 amide bonds. The van der Waals surface area contributed by atoms with Crippen LogP contribution in [0.15, 0.2) is 133 Å². The maximum atomic E-state index is 2.55. The zero-order valence-corrected chi connectivity index (χ0v) is 19.4. The van der Waals surface area contributed by atoms with Gasteiger partial charge in [-0.15, -0.1) is 0 Å². The number of rotatable bonds is 6. The van der Waals surface area contributed by atoms with E-state index in [2.05, 4.69) is 146 Å². The fourth-order valence-corrected chi connectivity index (χ4v) is 10.4. The average Bonchev–Trinajstić information content (AvgIpc) is 2.84. The largest absolute Gasteiger partial charge is 0.105 e. The van der Waals surface area contributed by atoms with Crippen molar-refractivity contribution in [2.24, 2.45) is 0 Å². The lowest BCUT2D eigenvalue weighted by molar-refractivity contribution is 1.73. The molecule has 0 heterocycles. The Kier molecular flexibility index (Phi) is 6.29. The lowest BCUT2D eigenvalue weighted by atomic mass is 10.4. The van der Waals surface area contributed by atoms with E-state index < -0.39 is 14.5 Å². The summed E-state index contributed by atoms with van der Waals surface area (Å²) in [4.78, 5) is 0. The van der Waals surface area contributed by atoms with Crippen molar-refractivity contribution in [2.75, 3.05) is 13.3 Å². The van der Waals surface area contributed by atoms with Gasteiger partial charge in [-0.1, -0.05) is 72.8 Å². The molecule has 4 aromatic rings. The van der Waals surface area contributed by atoms with Gasteiger partial charge in [0.15, 0.2) is 0 Å². The van der Waals surface area contributed by atoms with E-state index in [1.54, 1.807) is 0 Å². The van der Waals surface area contributed by atoms with Crippen LogP contribution >= 0.6 is 14.5 Å². The Balaban J connectivity index is 1.87. The Morgan fingerprint density at radius 2 is 0.567 bits per heavy atom. The molecule has 0 nitrogen and oxygen atoms in total. The van der Waals surface area contributed by atoms with Crippen LogP contribution in [-0.2, 0) is 0 Å². The highest BCUT2D eigenvalue weighted by molar-refractivity contribution is 7.94. The first-order valence-electron chi connectivity index (χ1n) is 10.3. The van der Waals surface area contributed by atoms with Gasteiger partial charge in [0.05, 0.1) is 13.3 Å². The Morgan fingerprint density at radius 1 is 0.367 bits per heavy atom. The summed E-state index contributed by atoms with van der Waals surface area (Å²) in [6, 6.07) is 44.0. The van der Waals surface area contributed by atoms with Crippen molar-refractivity contribution in [3.63, 3.8) is 0 Å². The quantitative estimate of drug-likeness (QED) is 0.329. The molecular weight excluding hydrogens is 398 g/mol. The van der Waals surface area contributed by atoms with Crippen LogP contribution in [0.25, 0.3) is 0 Å². The van der Waals surface area contributed by atoms with Gasteiger partial charge in [-0.2, -0.15) is 0 Å². The third kappa shape index (κ3) is 4.17. The molecule has 0 aliphatic carbocycles. The van der Waals surface area contributed by atoms with Crippen molar-refractivity contribution in [1.29, 1.82) is 0 Å². The van der Waals surface area contributed by atoms with Crippen molar-refractivity contribution < 1.29 is 0 Å². The van der Waals surface area contributed by atoms with Gasteiger partial charge in [0.2, 0.25) is 0 Å². The molecule has 0 aromatic heterocycles. The van der Waals surface area contributed by atoms with Crippen molar-refractivity contribution in [3.05, 3.63) is 133 Å². The molecule has 148 valence electrons. The van der Waals surface area contributed by atoms with Crippen LogP contribution in [0.5, 0.6) is 0 Å². The highest BCUT2D eigenvalue weighted by atomic mass is 31.2. The smallest absolute Gasteiger partial charge is 0.0620 e. The summed E-state index contributed by atoms with van der Waals surface area (Å²) >= 11 is 0. The van der Waals surface area contributed by atoms with Crippen LogP contribution in [0.4, 0.5) is 0 Å². The highest BCUT2D eigenvalue weighted by Crippen LogP contribution is 2.61.